The third-order valence-electron chi connectivity index (χ3n) is 20.0. The van der Waals surface area contributed by atoms with Crippen molar-refractivity contribution in [2.45, 2.75) is 229 Å². The predicted molar refractivity (Wildman–Crippen MR) is 286 cm³/mol. The number of esters is 1. The minimum Gasteiger partial charge on any atom is -0.458 e. The first kappa shape index (κ1) is 68.9. The Balaban J connectivity index is 0.915. The van der Waals surface area contributed by atoms with Crippen LogP contribution < -0.4 is 0 Å². The van der Waals surface area contributed by atoms with Gasteiger partial charge in [-0.2, -0.15) is 25.3 Å². The molecule has 5 heterocycles. The van der Waals surface area contributed by atoms with Crippen molar-refractivity contribution >= 4 is 48.7 Å². The molecule has 0 aromatic carbocycles. The Labute approximate surface area is 503 Å². The number of Topliss-reactive ketones (excluding diaryl/α,β-unsaturated/α-hetero) is 2. The number of carbonyl (C=O) groups excluding carboxylic acids is 3. The van der Waals surface area contributed by atoms with Crippen LogP contribution in [0.15, 0.2) is 11.6 Å². The summed E-state index contributed by atoms with van der Waals surface area (Å²) in [5.74, 6) is -1.53. The monoisotopic (exact) mass is 1310 g/mol. The van der Waals surface area contributed by atoms with E-state index in [1.807, 2.05) is 34.6 Å². The number of cyclic esters (lactones) is 1. The Hall–Kier alpha value is -2.44. The maximum atomic E-state index is 14.4. The fourth-order valence-corrected chi connectivity index (χ4v) is 17.5. The first-order chi connectivity index (χ1) is 40.2. The summed E-state index contributed by atoms with van der Waals surface area (Å²) in [5.41, 5.74) is -3.44. The standard InChI is InChI=1S/C53H82O31S3/c1-22(2)16-24(54)17-52(8)43-27(55)18-51(7)26-10-11-31-49(4,5)32(13-14-50(31,6)25(26)12-15-53(43,51)48(62)82-52)78-46-41(34(58)30(20-74-46)83-86(66,67)68)81-44-36(60)35(59)38(23(3)76-44)79-47-42(84-87(69,70)71)39(28(56)19-73-47)80-45-37(61)40(72-9)33(57)29(77-45)21-75-85(63,64)65/h10,22-23,25,28-47,56-61H,11-21H2,1-9H3,(H,63,64,65)(H,66,67,68)(H,69,70,71)/t23-,25+,28-,29-,30-,31+,32+,33-,34+,35-,36-,37-,38-,39+,40+,41-,42-,43-,44+,45+,46+,47+,50-,51+,52+,53-/m1/s1. The number of allylic oxidation sites excluding steroid dienone is 2. The minimum atomic E-state index is -5.55. The first-order valence-corrected chi connectivity index (χ1v) is 33.0. The molecular weight excluding hydrogens is 1230 g/mol. The van der Waals surface area contributed by atoms with Crippen molar-refractivity contribution in [1.82, 2.24) is 0 Å². The van der Waals surface area contributed by atoms with Crippen molar-refractivity contribution in [2.24, 2.45) is 45.3 Å². The molecule has 0 unspecified atom stereocenters. The molecule has 9 aliphatic rings. The van der Waals surface area contributed by atoms with Gasteiger partial charge in [-0.05, 0) is 74.5 Å². The molecule has 1 spiro atoms. The van der Waals surface area contributed by atoms with Gasteiger partial charge in [0.25, 0.3) is 0 Å². The van der Waals surface area contributed by atoms with Crippen LogP contribution >= 0.6 is 0 Å². The van der Waals surface area contributed by atoms with Gasteiger partial charge in [0.1, 0.15) is 90.4 Å². The lowest BCUT2D eigenvalue weighted by molar-refractivity contribution is -0.380. The molecule has 8 fully saturated rings. The van der Waals surface area contributed by atoms with Gasteiger partial charge >= 0.3 is 37.2 Å². The van der Waals surface area contributed by atoms with Crippen molar-refractivity contribution in [3.63, 3.8) is 0 Å². The van der Waals surface area contributed by atoms with E-state index in [2.05, 4.69) is 17.2 Å². The van der Waals surface area contributed by atoms with Crippen LogP contribution in [0, 0.1) is 45.3 Å². The Kier molecular flexibility index (Phi) is 19.6. The van der Waals surface area contributed by atoms with Gasteiger partial charge in [-0.15, -0.1) is 0 Å². The number of rotatable bonds is 20. The molecule has 9 N–H and O–H groups in total. The molecule has 0 aromatic heterocycles. The summed E-state index contributed by atoms with van der Waals surface area (Å²) in [6.07, 6.45) is -30.2. The lowest BCUT2D eigenvalue weighted by Crippen LogP contribution is -2.66. The molecule has 0 radical (unpaired) electrons. The van der Waals surface area contributed by atoms with Gasteiger partial charge in [-0.3, -0.25) is 28.0 Å². The first-order valence-electron chi connectivity index (χ1n) is 28.9. The molecule has 4 aliphatic carbocycles. The van der Waals surface area contributed by atoms with Crippen molar-refractivity contribution in [3.05, 3.63) is 11.6 Å². The van der Waals surface area contributed by atoms with Gasteiger partial charge in [-0.25, -0.2) is 12.5 Å². The maximum absolute atomic E-state index is 14.4. The van der Waals surface area contributed by atoms with Gasteiger partial charge in [0.15, 0.2) is 31.3 Å². The highest BCUT2D eigenvalue weighted by Crippen LogP contribution is 2.75. The van der Waals surface area contributed by atoms with Crippen LogP contribution in [-0.4, -0.2) is 236 Å². The number of ketones is 2. The van der Waals surface area contributed by atoms with E-state index in [9.17, 15) is 79.4 Å². The Morgan fingerprint density at radius 3 is 1.95 bits per heavy atom. The van der Waals surface area contributed by atoms with E-state index in [-0.39, 0.29) is 48.6 Å². The van der Waals surface area contributed by atoms with E-state index in [1.54, 1.807) is 6.92 Å². The van der Waals surface area contributed by atoms with Crippen LogP contribution in [0.1, 0.15) is 107 Å². The summed E-state index contributed by atoms with van der Waals surface area (Å²) in [4.78, 5) is 42.0. The fourth-order valence-electron chi connectivity index (χ4n) is 16.3. The molecule has 9 rings (SSSR count). The summed E-state index contributed by atoms with van der Waals surface area (Å²) < 4.78 is 173. The highest BCUT2D eigenvalue weighted by atomic mass is 32.3. The molecule has 87 heavy (non-hydrogen) atoms. The SMILES string of the molecule is CO[C@@H]1[C@@H](O)[C@H](O[C@@H]2[C@@H](OS(=O)(=O)O)[C@H](O[C@H]3[C@H](O)[C@@H](O)[C@H](O[C@H]4[C@H](O[C@H]5CC[C@]6(C)[C@H]7CC[C@]89C(=O)O[C@@](C)(CC(=O)CC(C)C)[C@H]8C(=O)C[C@@]9(C)C7=CC[C@H]6C5(C)C)OC[C@@H](OS(=O)(=O)O)[C@@H]4O)O[C@@H]3C)OC[C@H]2O)O[C@H](COS(=O)(=O)O)[C@H]1O. The van der Waals surface area contributed by atoms with Crippen LogP contribution in [-0.2, 0) is 105 Å². The lowest BCUT2D eigenvalue weighted by atomic mass is 9.41. The number of aliphatic hydroxyl groups excluding tert-OH is 6. The minimum absolute atomic E-state index is 0.0519. The zero-order valence-electron chi connectivity index (χ0n) is 49.4. The third-order valence-corrected chi connectivity index (χ3v) is 21.4. The lowest BCUT2D eigenvalue weighted by Gasteiger charge is -2.63. The van der Waals surface area contributed by atoms with Gasteiger partial charge in [0, 0.05) is 31.8 Å². The molecule has 3 saturated carbocycles. The Bertz CT molecular complexity index is 2950. The van der Waals surface area contributed by atoms with E-state index in [1.165, 1.54) is 6.92 Å². The molecular formula is C53H82O31S3. The Morgan fingerprint density at radius 2 is 1.32 bits per heavy atom. The molecule has 5 aliphatic heterocycles. The second-order valence-corrected chi connectivity index (χ2v) is 29.6. The summed E-state index contributed by atoms with van der Waals surface area (Å²) in [7, 11) is -14.9. The maximum Gasteiger partial charge on any atom is 0.397 e. The average molecular weight is 1310 g/mol. The van der Waals surface area contributed by atoms with Crippen LogP contribution in [0.25, 0.3) is 0 Å². The number of hydrogen-bond donors (Lipinski definition) is 9. The zero-order chi connectivity index (χ0) is 64.3. The molecule has 31 nitrogen and oxygen atoms in total. The average Bonchev–Trinajstić information content (AvgIpc) is 1.53. The van der Waals surface area contributed by atoms with Crippen molar-refractivity contribution < 1.29 is 144 Å². The van der Waals surface area contributed by atoms with Gasteiger partial charge < -0.3 is 78.0 Å². The number of methoxy groups -OCH3 is 1. The molecule has 0 bridgehead atoms. The van der Waals surface area contributed by atoms with Gasteiger partial charge in [0.2, 0.25) is 0 Å². The van der Waals surface area contributed by atoms with E-state index in [4.69, 9.17) is 60.3 Å². The smallest absolute Gasteiger partial charge is 0.397 e. The molecule has 34 heteroatoms. The number of hydrogen-bond acceptors (Lipinski definition) is 28. The van der Waals surface area contributed by atoms with Crippen molar-refractivity contribution in [1.29, 1.82) is 0 Å². The second-order valence-electron chi connectivity index (χ2n) is 26.4. The third kappa shape index (κ3) is 13.0. The van der Waals surface area contributed by atoms with E-state index >= 15 is 0 Å². The number of carbonyl (C=O) groups is 3. The second kappa shape index (κ2) is 24.8. The van der Waals surface area contributed by atoms with Gasteiger partial charge in [-0.1, -0.05) is 53.2 Å². The fraction of sp³-hybridized carbons (Fsp3) is 0.906. The summed E-state index contributed by atoms with van der Waals surface area (Å²) >= 11 is 0. The van der Waals surface area contributed by atoms with Gasteiger partial charge in [0.05, 0.1) is 43.4 Å². The van der Waals surface area contributed by atoms with Crippen molar-refractivity contribution in [3.8, 4) is 0 Å². The quantitative estimate of drug-likeness (QED) is 0.0408. The highest BCUT2D eigenvalue weighted by molar-refractivity contribution is 7.81. The molecule has 5 saturated heterocycles. The van der Waals surface area contributed by atoms with E-state index < -0.39 is 207 Å². The van der Waals surface area contributed by atoms with Crippen LogP contribution in [0.2, 0.25) is 0 Å². The molecule has 498 valence electrons. The number of fused-ring (bicyclic) bond motifs is 4. The summed E-state index contributed by atoms with van der Waals surface area (Å²) in [6, 6.07) is 0. The molecule has 0 aromatic rings. The normalized spacial score (nSPS) is 46.7. The molecule has 0 amide bonds. The van der Waals surface area contributed by atoms with Crippen LogP contribution in [0.5, 0.6) is 0 Å². The number of aliphatic hydroxyl groups is 6. The summed E-state index contributed by atoms with van der Waals surface area (Å²) in [6.45, 7) is 12.5. The Morgan fingerprint density at radius 1 is 0.701 bits per heavy atom. The van der Waals surface area contributed by atoms with E-state index in [0.717, 1.165) is 12.7 Å². The topological polar surface area (TPSA) is 456 Å². The van der Waals surface area contributed by atoms with Crippen LogP contribution in [0.3, 0.4) is 0 Å². The van der Waals surface area contributed by atoms with Crippen LogP contribution in [0.4, 0.5) is 0 Å². The highest BCUT2D eigenvalue weighted by Gasteiger charge is 2.79. The summed E-state index contributed by atoms with van der Waals surface area (Å²) in [5, 5.41) is 68.1. The largest absolute Gasteiger partial charge is 0.458 e. The van der Waals surface area contributed by atoms with E-state index in [0.29, 0.717) is 32.1 Å². The molecule has 26 atom stereocenters. The predicted octanol–water partition coefficient (Wildman–Crippen LogP) is -0.830. The van der Waals surface area contributed by atoms with Crippen molar-refractivity contribution in [2.75, 3.05) is 26.9 Å². The number of ether oxygens (including phenoxy) is 10. The zero-order valence-corrected chi connectivity index (χ0v) is 51.8.